The van der Waals surface area contributed by atoms with Gasteiger partial charge in [-0.1, -0.05) is 0 Å². The van der Waals surface area contributed by atoms with Gasteiger partial charge < -0.3 is 14.7 Å². The number of carbonyl (C=O) groups is 2. The molecule has 0 aliphatic carbocycles. The van der Waals surface area contributed by atoms with Gasteiger partial charge in [-0.25, -0.2) is 9.78 Å². The molecule has 3 aliphatic rings. The van der Waals surface area contributed by atoms with Crippen LogP contribution in [-0.2, 0) is 20.9 Å². The molecule has 0 aromatic carbocycles. The summed E-state index contributed by atoms with van der Waals surface area (Å²) in [5.41, 5.74) is 0. The van der Waals surface area contributed by atoms with Gasteiger partial charge in [-0.15, -0.1) is 11.3 Å². The Morgan fingerprint density at radius 2 is 1.93 bits per heavy atom. The molecule has 0 spiro atoms. The van der Waals surface area contributed by atoms with Gasteiger partial charge in [-0.05, 0) is 30.6 Å². The maximum atomic E-state index is 12.5. The van der Waals surface area contributed by atoms with Crippen LogP contribution in [0.3, 0.4) is 0 Å². The Morgan fingerprint density at radius 1 is 1.23 bits per heavy atom. The van der Waals surface area contributed by atoms with E-state index in [1.165, 1.54) is 17.8 Å². The molecule has 3 atom stereocenters. The molecule has 1 amide bonds. The van der Waals surface area contributed by atoms with Crippen LogP contribution in [0.2, 0.25) is 0 Å². The van der Waals surface area contributed by atoms with Crippen LogP contribution in [0.5, 0.6) is 0 Å². The third kappa shape index (κ3) is 6.14. The van der Waals surface area contributed by atoms with Crippen molar-refractivity contribution in [2.45, 2.75) is 32.0 Å². The molecule has 4 heterocycles. The fraction of sp³-hybridized carbons (Fsp3) is 0.737. The minimum atomic E-state index is -5.08. The monoisotopic (exact) mass is 449 g/mol. The number of alkyl halides is 3. The molecule has 1 aromatic heterocycles. The van der Waals surface area contributed by atoms with E-state index in [-0.39, 0.29) is 0 Å². The van der Waals surface area contributed by atoms with Crippen molar-refractivity contribution in [1.82, 2.24) is 14.8 Å². The number of nitrogens with zero attached hydrogens (tertiary/aromatic N) is 3. The summed E-state index contributed by atoms with van der Waals surface area (Å²) in [6.07, 6.45) is -0.197. The third-order valence-electron chi connectivity index (χ3n) is 5.82. The van der Waals surface area contributed by atoms with E-state index in [0.29, 0.717) is 30.1 Å². The lowest BCUT2D eigenvalue weighted by atomic mass is 9.81. The Labute approximate surface area is 176 Å². The standard InChI is InChI=1S/C17H25N3O2S.C2HF3O2/c21-17(20-4-1-2-5-20)7-13-11-22-12-14-8-19(9-15(13)14)10-16-18-3-6-23-16;3-2(4,5)1(6)7/h3,6,13-15H,1-2,4-5,7-12H2;(H,6,7)/t13-,14-,15+;/m1./s1. The number of halogens is 3. The summed E-state index contributed by atoms with van der Waals surface area (Å²) in [4.78, 5) is 30.3. The molecule has 168 valence electrons. The first kappa shape index (κ1) is 23.0. The molecule has 0 radical (unpaired) electrons. The Hall–Kier alpha value is -1.72. The number of aliphatic carboxylic acids is 1. The number of ether oxygens (including phenoxy) is 1. The smallest absolute Gasteiger partial charge is 0.475 e. The molecule has 30 heavy (non-hydrogen) atoms. The van der Waals surface area contributed by atoms with Gasteiger partial charge in [0.1, 0.15) is 5.01 Å². The van der Waals surface area contributed by atoms with Crippen molar-refractivity contribution in [3.63, 3.8) is 0 Å². The van der Waals surface area contributed by atoms with Gasteiger partial charge in [-0.2, -0.15) is 13.2 Å². The summed E-state index contributed by atoms with van der Waals surface area (Å²) in [6.45, 7) is 6.63. The molecular formula is C19H26F3N3O4S. The van der Waals surface area contributed by atoms with Crippen LogP contribution in [0.4, 0.5) is 13.2 Å². The average Bonchev–Trinajstić information content (AvgIpc) is 3.43. The highest BCUT2D eigenvalue weighted by molar-refractivity contribution is 7.09. The molecule has 1 N–H and O–H groups in total. The number of aromatic nitrogens is 1. The molecule has 0 unspecified atom stereocenters. The second-order valence-corrected chi connectivity index (χ2v) is 8.92. The summed E-state index contributed by atoms with van der Waals surface area (Å²) in [5, 5.41) is 10.4. The van der Waals surface area contributed by atoms with Gasteiger partial charge in [0.2, 0.25) is 5.91 Å². The first-order chi connectivity index (χ1) is 14.2. The minimum Gasteiger partial charge on any atom is -0.475 e. The molecule has 0 saturated carbocycles. The molecule has 7 nitrogen and oxygen atoms in total. The zero-order chi connectivity index (χ0) is 21.7. The lowest BCUT2D eigenvalue weighted by Crippen LogP contribution is -2.39. The van der Waals surface area contributed by atoms with Crippen molar-refractivity contribution >= 4 is 23.2 Å². The highest BCUT2D eigenvalue weighted by Gasteiger charge is 2.42. The first-order valence-corrected chi connectivity index (χ1v) is 10.9. The third-order valence-corrected chi connectivity index (χ3v) is 6.58. The van der Waals surface area contributed by atoms with Crippen molar-refractivity contribution in [3.05, 3.63) is 16.6 Å². The van der Waals surface area contributed by atoms with Crippen molar-refractivity contribution in [2.24, 2.45) is 17.8 Å². The lowest BCUT2D eigenvalue weighted by molar-refractivity contribution is -0.192. The quantitative estimate of drug-likeness (QED) is 0.761. The number of thiazole rings is 1. The summed E-state index contributed by atoms with van der Waals surface area (Å²) in [6, 6.07) is 0. The second kappa shape index (κ2) is 10.1. The number of carboxylic acid groups (broad SMARTS) is 1. The number of rotatable bonds is 4. The van der Waals surface area contributed by atoms with Gasteiger partial charge in [-0.3, -0.25) is 9.69 Å². The number of hydrogen-bond acceptors (Lipinski definition) is 6. The maximum absolute atomic E-state index is 12.5. The fourth-order valence-electron chi connectivity index (χ4n) is 4.38. The molecule has 1 aromatic rings. The SMILES string of the molecule is O=C(C[C@@H]1COC[C@H]2CN(Cc3nccs3)C[C@@H]12)N1CCCC1.O=C(O)C(F)(F)F. The van der Waals surface area contributed by atoms with Crippen molar-refractivity contribution in [2.75, 3.05) is 39.4 Å². The predicted octanol–water partition coefficient (Wildman–Crippen LogP) is 2.48. The van der Waals surface area contributed by atoms with Gasteiger partial charge in [0, 0.05) is 44.2 Å². The van der Waals surface area contributed by atoms with E-state index in [2.05, 4.69) is 9.88 Å². The van der Waals surface area contributed by atoms with Crippen LogP contribution >= 0.6 is 11.3 Å². The van der Waals surface area contributed by atoms with Crippen LogP contribution in [0, 0.1) is 17.8 Å². The maximum Gasteiger partial charge on any atom is 0.490 e. The molecule has 3 fully saturated rings. The highest BCUT2D eigenvalue weighted by Crippen LogP contribution is 2.36. The van der Waals surface area contributed by atoms with E-state index in [4.69, 9.17) is 14.6 Å². The molecule has 11 heteroatoms. The summed E-state index contributed by atoms with van der Waals surface area (Å²) in [7, 11) is 0. The molecule has 4 rings (SSSR count). The Morgan fingerprint density at radius 3 is 2.53 bits per heavy atom. The Kier molecular flexibility index (Phi) is 7.70. The van der Waals surface area contributed by atoms with Gasteiger partial charge in [0.05, 0.1) is 19.8 Å². The molecule has 3 aliphatic heterocycles. The summed E-state index contributed by atoms with van der Waals surface area (Å²) >= 11 is 1.73. The predicted molar refractivity (Wildman–Crippen MR) is 103 cm³/mol. The molecule has 3 saturated heterocycles. The topological polar surface area (TPSA) is 83.0 Å². The minimum absolute atomic E-state index is 0.343. The Bertz CT molecular complexity index is 710. The van der Waals surface area contributed by atoms with E-state index in [0.717, 1.165) is 45.9 Å². The number of hydrogen-bond donors (Lipinski definition) is 1. The zero-order valence-electron chi connectivity index (χ0n) is 16.5. The normalized spacial score (nSPS) is 26.8. The van der Waals surface area contributed by atoms with Crippen molar-refractivity contribution in [3.8, 4) is 0 Å². The lowest BCUT2D eigenvalue weighted by Gasteiger charge is -2.33. The fourth-order valence-corrected chi connectivity index (χ4v) is 5.03. The van der Waals surface area contributed by atoms with Crippen molar-refractivity contribution in [1.29, 1.82) is 0 Å². The number of carboxylic acids is 1. The van der Waals surface area contributed by atoms with Gasteiger partial charge >= 0.3 is 12.1 Å². The highest BCUT2D eigenvalue weighted by atomic mass is 32.1. The summed E-state index contributed by atoms with van der Waals surface area (Å²) in [5.74, 6) is -0.832. The molecular weight excluding hydrogens is 423 g/mol. The van der Waals surface area contributed by atoms with E-state index < -0.39 is 12.1 Å². The largest absolute Gasteiger partial charge is 0.490 e. The van der Waals surface area contributed by atoms with Crippen LogP contribution in [0.25, 0.3) is 0 Å². The number of likely N-dealkylation sites (tertiary alicyclic amines) is 2. The van der Waals surface area contributed by atoms with Crippen LogP contribution in [-0.4, -0.2) is 77.3 Å². The van der Waals surface area contributed by atoms with Crippen LogP contribution in [0.15, 0.2) is 11.6 Å². The summed E-state index contributed by atoms with van der Waals surface area (Å²) < 4.78 is 37.6. The zero-order valence-corrected chi connectivity index (χ0v) is 17.3. The number of amides is 1. The van der Waals surface area contributed by atoms with Crippen molar-refractivity contribution < 1.29 is 32.6 Å². The van der Waals surface area contributed by atoms with E-state index in [1.54, 1.807) is 11.3 Å². The number of fused-ring (bicyclic) bond motifs is 1. The molecule has 0 bridgehead atoms. The van der Waals surface area contributed by atoms with E-state index >= 15 is 0 Å². The van der Waals surface area contributed by atoms with E-state index in [1.807, 2.05) is 16.5 Å². The second-order valence-electron chi connectivity index (χ2n) is 7.94. The van der Waals surface area contributed by atoms with Gasteiger partial charge in [0.25, 0.3) is 0 Å². The van der Waals surface area contributed by atoms with Crippen LogP contribution in [0.1, 0.15) is 24.3 Å². The number of carbonyl (C=O) groups excluding carboxylic acids is 1. The average molecular weight is 449 g/mol. The van der Waals surface area contributed by atoms with Gasteiger partial charge in [0.15, 0.2) is 0 Å². The first-order valence-electron chi connectivity index (χ1n) is 10.0. The Balaban J connectivity index is 0.000000318. The van der Waals surface area contributed by atoms with E-state index in [9.17, 15) is 18.0 Å². The van der Waals surface area contributed by atoms with Crippen LogP contribution < -0.4 is 0 Å².